The fourth-order valence-electron chi connectivity index (χ4n) is 2.69. The molecule has 4 rings (SSSR count). The zero-order valence-electron chi connectivity index (χ0n) is 14.5. The standard InChI is InChI=1S/C21H15ClN4O2/c22-15-8-5-13(6-9-15)20-24-18-4-2-1-3-17(18)21(25-20)26-23-12-14-7-10-16(27)11-19(14)28/h1-12,27-28H,(H,24,25,26). The first kappa shape index (κ1) is 17.8. The number of aromatic hydroxyl groups is 2. The van der Waals surface area contributed by atoms with Crippen LogP contribution in [-0.4, -0.2) is 26.4 Å². The highest BCUT2D eigenvalue weighted by Crippen LogP contribution is 2.26. The highest BCUT2D eigenvalue weighted by atomic mass is 35.5. The van der Waals surface area contributed by atoms with E-state index >= 15 is 0 Å². The van der Waals surface area contributed by atoms with Gasteiger partial charge in [-0.2, -0.15) is 5.10 Å². The Morgan fingerprint density at radius 1 is 0.929 bits per heavy atom. The summed E-state index contributed by atoms with van der Waals surface area (Å²) in [7, 11) is 0. The number of phenolic OH excluding ortho intramolecular Hbond substituents is 2. The summed E-state index contributed by atoms with van der Waals surface area (Å²) < 4.78 is 0. The van der Waals surface area contributed by atoms with Crippen molar-refractivity contribution in [2.24, 2.45) is 5.10 Å². The highest BCUT2D eigenvalue weighted by molar-refractivity contribution is 6.30. The van der Waals surface area contributed by atoms with Crippen LogP contribution in [-0.2, 0) is 0 Å². The maximum Gasteiger partial charge on any atom is 0.162 e. The predicted octanol–water partition coefficient (Wildman–Crippen LogP) is 4.81. The SMILES string of the molecule is Oc1ccc(C=NNc2nc(-c3ccc(Cl)cc3)nc3ccccc23)c(O)c1. The second-order valence-electron chi connectivity index (χ2n) is 6.03. The molecule has 6 nitrogen and oxygen atoms in total. The van der Waals surface area contributed by atoms with Crippen molar-refractivity contribution >= 4 is 34.5 Å². The summed E-state index contributed by atoms with van der Waals surface area (Å²) >= 11 is 5.97. The van der Waals surface area contributed by atoms with Crippen molar-refractivity contribution in [3.63, 3.8) is 0 Å². The van der Waals surface area contributed by atoms with Crippen LogP contribution in [0.4, 0.5) is 5.82 Å². The van der Waals surface area contributed by atoms with Gasteiger partial charge in [-0.05, 0) is 48.5 Å². The third-order valence-electron chi connectivity index (χ3n) is 4.09. The third kappa shape index (κ3) is 3.72. The van der Waals surface area contributed by atoms with E-state index in [4.69, 9.17) is 11.6 Å². The zero-order chi connectivity index (χ0) is 19.5. The van der Waals surface area contributed by atoms with Gasteiger partial charge in [-0.25, -0.2) is 9.97 Å². The molecule has 1 aromatic heterocycles. The molecule has 28 heavy (non-hydrogen) atoms. The highest BCUT2D eigenvalue weighted by Gasteiger charge is 2.09. The monoisotopic (exact) mass is 390 g/mol. The van der Waals surface area contributed by atoms with Crippen LogP contribution in [0.2, 0.25) is 5.02 Å². The minimum Gasteiger partial charge on any atom is -0.508 e. The van der Waals surface area contributed by atoms with Gasteiger partial charge in [0.2, 0.25) is 0 Å². The van der Waals surface area contributed by atoms with E-state index in [2.05, 4.69) is 20.5 Å². The number of halogens is 1. The molecule has 0 spiro atoms. The lowest BCUT2D eigenvalue weighted by molar-refractivity contribution is 0.450. The van der Waals surface area contributed by atoms with E-state index in [1.807, 2.05) is 36.4 Å². The number of para-hydroxylation sites is 1. The first-order valence-corrected chi connectivity index (χ1v) is 8.82. The molecular weight excluding hydrogens is 376 g/mol. The molecule has 4 aromatic rings. The number of anilines is 1. The molecule has 1 heterocycles. The van der Waals surface area contributed by atoms with Crippen LogP contribution in [0.15, 0.2) is 71.8 Å². The average molecular weight is 391 g/mol. The number of rotatable bonds is 4. The molecule has 0 aliphatic rings. The van der Waals surface area contributed by atoms with E-state index in [1.54, 1.807) is 18.2 Å². The number of hydrogen-bond donors (Lipinski definition) is 3. The van der Waals surface area contributed by atoms with Crippen molar-refractivity contribution in [1.29, 1.82) is 0 Å². The van der Waals surface area contributed by atoms with Gasteiger partial charge in [0, 0.05) is 27.6 Å². The number of aromatic nitrogens is 2. The second kappa shape index (κ2) is 7.54. The largest absolute Gasteiger partial charge is 0.508 e. The van der Waals surface area contributed by atoms with E-state index in [0.717, 1.165) is 16.5 Å². The number of fused-ring (bicyclic) bond motifs is 1. The van der Waals surface area contributed by atoms with Gasteiger partial charge in [-0.1, -0.05) is 23.7 Å². The molecule has 0 bridgehead atoms. The van der Waals surface area contributed by atoms with Gasteiger partial charge in [0.25, 0.3) is 0 Å². The van der Waals surface area contributed by atoms with Gasteiger partial charge in [0.05, 0.1) is 11.7 Å². The van der Waals surface area contributed by atoms with Crippen molar-refractivity contribution in [1.82, 2.24) is 9.97 Å². The first-order chi connectivity index (χ1) is 13.6. The van der Waals surface area contributed by atoms with Gasteiger partial charge in [-0.3, -0.25) is 5.43 Å². The van der Waals surface area contributed by atoms with Crippen LogP contribution in [0, 0.1) is 0 Å². The Hall–Kier alpha value is -3.64. The zero-order valence-corrected chi connectivity index (χ0v) is 15.3. The lowest BCUT2D eigenvalue weighted by atomic mass is 10.2. The summed E-state index contributed by atoms with van der Waals surface area (Å²) in [5.74, 6) is 0.988. The van der Waals surface area contributed by atoms with Gasteiger partial charge in [0.15, 0.2) is 11.6 Å². The maximum atomic E-state index is 9.86. The van der Waals surface area contributed by atoms with Gasteiger partial charge < -0.3 is 10.2 Å². The topological polar surface area (TPSA) is 90.6 Å². The Morgan fingerprint density at radius 2 is 1.71 bits per heavy atom. The number of hydrogen-bond acceptors (Lipinski definition) is 6. The lowest BCUT2D eigenvalue weighted by Crippen LogP contribution is -1.99. The summed E-state index contributed by atoms with van der Waals surface area (Å²) in [5, 5.41) is 24.9. The Labute approximate surface area is 165 Å². The van der Waals surface area contributed by atoms with Crippen LogP contribution in [0.25, 0.3) is 22.3 Å². The quantitative estimate of drug-likeness (QED) is 0.343. The molecule has 3 N–H and O–H groups in total. The van der Waals surface area contributed by atoms with Gasteiger partial charge >= 0.3 is 0 Å². The molecule has 0 atom stereocenters. The minimum atomic E-state index is -0.0695. The van der Waals surface area contributed by atoms with E-state index in [9.17, 15) is 10.2 Å². The Bertz CT molecular complexity index is 1180. The molecule has 138 valence electrons. The van der Waals surface area contributed by atoms with E-state index in [1.165, 1.54) is 18.3 Å². The minimum absolute atomic E-state index is 0.0167. The van der Waals surface area contributed by atoms with Gasteiger partial charge in [-0.15, -0.1) is 0 Å². The molecule has 0 fully saturated rings. The smallest absolute Gasteiger partial charge is 0.162 e. The van der Waals surface area contributed by atoms with E-state index in [-0.39, 0.29) is 11.5 Å². The fourth-order valence-corrected chi connectivity index (χ4v) is 2.82. The summed E-state index contributed by atoms with van der Waals surface area (Å²) in [6, 6.07) is 19.2. The van der Waals surface area contributed by atoms with E-state index in [0.29, 0.717) is 22.2 Å². The molecule has 0 radical (unpaired) electrons. The summed E-state index contributed by atoms with van der Waals surface area (Å²) in [6.45, 7) is 0. The molecule has 0 aliphatic heterocycles. The number of benzene rings is 3. The first-order valence-electron chi connectivity index (χ1n) is 8.44. The molecule has 0 amide bonds. The number of nitrogens with zero attached hydrogens (tertiary/aromatic N) is 3. The van der Waals surface area contributed by atoms with Crippen molar-refractivity contribution in [2.45, 2.75) is 0 Å². The van der Waals surface area contributed by atoms with Crippen molar-refractivity contribution in [3.05, 3.63) is 77.3 Å². The Morgan fingerprint density at radius 3 is 2.50 bits per heavy atom. The molecular formula is C21H15ClN4O2. The Balaban J connectivity index is 1.71. The van der Waals surface area contributed by atoms with Crippen LogP contribution < -0.4 is 5.43 Å². The molecule has 0 aliphatic carbocycles. The molecule has 7 heteroatoms. The number of hydrazone groups is 1. The molecule has 0 unspecified atom stereocenters. The number of nitrogens with one attached hydrogen (secondary N) is 1. The maximum absolute atomic E-state index is 9.86. The van der Waals surface area contributed by atoms with Crippen LogP contribution in [0.5, 0.6) is 11.5 Å². The number of phenols is 2. The summed E-state index contributed by atoms with van der Waals surface area (Å²) in [5.41, 5.74) is 4.98. The van der Waals surface area contributed by atoms with Crippen LogP contribution in [0.1, 0.15) is 5.56 Å². The normalized spacial score (nSPS) is 11.2. The average Bonchev–Trinajstić information content (AvgIpc) is 2.70. The Kier molecular flexibility index (Phi) is 4.78. The summed E-state index contributed by atoms with van der Waals surface area (Å²) in [6.07, 6.45) is 1.45. The van der Waals surface area contributed by atoms with Crippen LogP contribution >= 0.6 is 11.6 Å². The fraction of sp³-hybridized carbons (Fsp3) is 0. The van der Waals surface area contributed by atoms with E-state index < -0.39 is 0 Å². The molecule has 0 saturated carbocycles. The molecule has 3 aromatic carbocycles. The third-order valence-corrected chi connectivity index (χ3v) is 4.35. The lowest BCUT2D eigenvalue weighted by Gasteiger charge is -2.08. The molecule has 0 saturated heterocycles. The predicted molar refractivity (Wildman–Crippen MR) is 111 cm³/mol. The van der Waals surface area contributed by atoms with Gasteiger partial charge in [0.1, 0.15) is 11.5 Å². The summed E-state index contributed by atoms with van der Waals surface area (Å²) in [4.78, 5) is 9.20. The van der Waals surface area contributed by atoms with Crippen LogP contribution in [0.3, 0.4) is 0 Å². The van der Waals surface area contributed by atoms with Crippen molar-refractivity contribution in [2.75, 3.05) is 5.43 Å². The van der Waals surface area contributed by atoms with Crippen molar-refractivity contribution in [3.8, 4) is 22.9 Å². The second-order valence-corrected chi connectivity index (χ2v) is 6.47. The van der Waals surface area contributed by atoms with Crippen molar-refractivity contribution < 1.29 is 10.2 Å².